The largest absolute Gasteiger partial charge is 0.494 e. The molecule has 0 radical (unpaired) electrons. The number of aryl methyl sites for hydroxylation is 1. The van der Waals surface area contributed by atoms with Crippen LogP contribution in [-0.2, 0) is 0 Å². The predicted molar refractivity (Wildman–Crippen MR) is 112 cm³/mol. The summed E-state index contributed by atoms with van der Waals surface area (Å²) in [6, 6.07) is 12.6. The number of hydrogen-bond acceptors (Lipinski definition) is 6. The number of likely N-dealkylation sites (N-methyl/N-ethyl adjacent to an activating group) is 1. The highest BCUT2D eigenvalue weighted by Crippen LogP contribution is 2.36. The molecule has 3 aromatic rings. The van der Waals surface area contributed by atoms with Gasteiger partial charge in [-0.15, -0.1) is 0 Å². The van der Waals surface area contributed by atoms with Crippen molar-refractivity contribution in [2.75, 3.05) is 39.2 Å². The van der Waals surface area contributed by atoms with E-state index in [1.165, 1.54) is 11.3 Å². The number of rotatable bonds is 6. The molecule has 0 atom stereocenters. The lowest BCUT2D eigenvalue weighted by Crippen LogP contribution is -2.36. The van der Waals surface area contributed by atoms with Gasteiger partial charge < -0.3 is 9.64 Å². The zero-order chi connectivity index (χ0) is 20.3. The van der Waals surface area contributed by atoms with Crippen molar-refractivity contribution in [1.29, 1.82) is 5.26 Å². The Morgan fingerprint density at radius 3 is 2.50 bits per heavy atom. The summed E-state index contributed by atoms with van der Waals surface area (Å²) in [7, 11) is 5.56. The molecule has 0 saturated heterocycles. The molecule has 3 rings (SSSR count). The maximum Gasteiger partial charge on any atom is 0.260 e. The van der Waals surface area contributed by atoms with E-state index in [0.717, 1.165) is 15.8 Å². The minimum Gasteiger partial charge on any atom is -0.494 e. The molecule has 0 unspecified atom stereocenters. The van der Waals surface area contributed by atoms with Gasteiger partial charge in [0, 0.05) is 18.7 Å². The smallest absolute Gasteiger partial charge is 0.260 e. The van der Waals surface area contributed by atoms with Gasteiger partial charge in [-0.25, -0.2) is 4.98 Å². The van der Waals surface area contributed by atoms with Crippen LogP contribution in [0.5, 0.6) is 5.75 Å². The Bertz CT molecular complexity index is 1030. The molecule has 1 heterocycles. The molecule has 0 aliphatic rings. The van der Waals surface area contributed by atoms with Gasteiger partial charge in [0.25, 0.3) is 5.91 Å². The third-order valence-electron chi connectivity index (χ3n) is 4.42. The van der Waals surface area contributed by atoms with Gasteiger partial charge in [0.15, 0.2) is 5.13 Å². The average molecular weight is 395 g/mol. The second-order valence-electron chi connectivity index (χ2n) is 6.71. The molecule has 0 fully saturated rings. The SMILES string of the molecule is COc1ccc(C)c2sc(N(CCN(C)C)C(=O)c3ccc(C#N)cc3)nc12. The molecule has 0 saturated carbocycles. The molecule has 1 aromatic heterocycles. The third-order valence-corrected chi connectivity index (χ3v) is 5.63. The van der Waals surface area contributed by atoms with Crippen molar-refractivity contribution in [3.05, 3.63) is 53.1 Å². The second kappa shape index (κ2) is 8.38. The summed E-state index contributed by atoms with van der Waals surface area (Å²) in [5, 5.41) is 9.62. The van der Waals surface area contributed by atoms with E-state index in [0.29, 0.717) is 35.1 Å². The lowest BCUT2D eigenvalue weighted by Gasteiger charge is -2.22. The number of amides is 1. The Balaban J connectivity index is 2.04. The summed E-state index contributed by atoms with van der Waals surface area (Å²) >= 11 is 1.49. The molecule has 1 amide bonds. The second-order valence-corrected chi connectivity index (χ2v) is 7.69. The Morgan fingerprint density at radius 1 is 1.18 bits per heavy atom. The van der Waals surface area contributed by atoms with E-state index in [-0.39, 0.29) is 5.91 Å². The van der Waals surface area contributed by atoms with Gasteiger partial charge in [0.1, 0.15) is 11.3 Å². The fourth-order valence-corrected chi connectivity index (χ4v) is 3.88. The molecule has 0 bridgehead atoms. The van der Waals surface area contributed by atoms with E-state index in [9.17, 15) is 4.79 Å². The highest BCUT2D eigenvalue weighted by Gasteiger charge is 2.23. The molecule has 7 heteroatoms. The Morgan fingerprint density at radius 2 is 1.89 bits per heavy atom. The number of anilines is 1. The lowest BCUT2D eigenvalue weighted by molar-refractivity contribution is 0.0985. The highest BCUT2D eigenvalue weighted by atomic mass is 32.1. The molecule has 144 valence electrons. The molecular weight excluding hydrogens is 372 g/mol. The number of carbonyl (C=O) groups is 1. The summed E-state index contributed by atoms with van der Waals surface area (Å²) in [6.45, 7) is 3.23. The average Bonchev–Trinajstić information content (AvgIpc) is 3.14. The molecule has 28 heavy (non-hydrogen) atoms. The van der Waals surface area contributed by atoms with Crippen LogP contribution in [0, 0.1) is 18.3 Å². The number of thiazole rings is 1. The van der Waals surface area contributed by atoms with E-state index in [2.05, 4.69) is 6.07 Å². The Hall–Kier alpha value is -2.95. The van der Waals surface area contributed by atoms with Crippen LogP contribution in [-0.4, -0.2) is 50.1 Å². The first kappa shape index (κ1) is 19.8. The summed E-state index contributed by atoms with van der Waals surface area (Å²) in [5.41, 5.74) is 2.92. The predicted octanol–water partition coefficient (Wildman–Crippen LogP) is 3.69. The van der Waals surface area contributed by atoms with Crippen LogP contribution >= 0.6 is 11.3 Å². The van der Waals surface area contributed by atoms with Crippen molar-refractivity contribution < 1.29 is 9.53 Å². The van der Waals surface area contributed by atoms with Crippen LogP contribution in [0.15, 0.2) is 36.4 Å². The van der Waals surface area contributed by atoms with Crippen molar-refractivity contribution >= 4 is 32.6 Å². The maximum absolute atomic E-state index is 13.2. The van der Waals surface area contributed by atoms with Crippen LogP contribution in [0.1, 0.15) is 21.5 Å². The van der Waals surface area contributed by atoms with E-state index >= 15 is 0 Å². The van der Waals surface area contributed by atoms with Crippen LogP contribution in [0.4, 0.5) is 5.13 Å². The molecule has 0 aliphatic carbocycles. The van der Waals surface area contributed by atoms with Gasteiger partial charge in [0.2, 0.25) is 0 Å². The van der Waals surface area contributed by atoms with E-state index in [1.54, 1.807) is 36.3 Å². The number of ether oxygens (including phenoxy) is 1. The van der Waals surface area contributed by atoms with Crippen LogP contribution < -0.4 is 9.64 Å². The maximum atomic E-state index is 13.2. The number of methoxy groups -OCH3 is 1. The van der Waals surface area contributed by atoms with E-state index < -0.39 is 0 Å². The van der Waals surface area contributed by atoms with Crippen LogP contribution in [0.3, 0.4) is 0 Å². The van der Waals surface area contributed by atoms with Gasteiger partial charge in [-0.3, -0.25) is 9.69 Å². The number of nitriles is 1. The Kier molecular flexibility index (Phi) is 5.93. The Labute approximate surface area is 168 Å². The molecule has 0 N–H and O–H groups in total. The summed E-state index contributed by atoms with van der Waals surface area (Å²) < 4.78 is 6.46. The fraction of sp³-hybridized carbons (Fsp3) is 0.286. The number of hydrogen-bond donors (Lipinski definition) is 0. The van der Waals surface area contributed by atoms with Gasteiger partial charge in [-0.05, 0) is 56.9 Å². The number of nitrogens with zero attached hydrogens (tertiary/aromatic N) is 4. The number of fused-ring (bicyclic) bond motifs is 1. The fourth-order valence-electron chi connectivity index (χ4n) is 2.81. The standard InChI is InChI=1S/C21H22N4O2S/c1-14-5-10-17(27-4)18-19(14)28-21(23-18)25(12-11-24(2)3)20(26)16-8-6-15(13-22)7-9-16/h5-10H,11-12H2,1-4H3. The lowest BCUT2D eigenvalue weighted by atomic mass is 10.1. The van der Waals surface area contributed by atoms with Gasteiger partial charge in [-0.1, -0.05) is 17.4 Å². The van der Waals surface area contributed by atoms with Crippen LogP contribution in [0.2, 0.25) is 0 Å². The van der Waals surface area contributed by atoms with Gasteiger partial charge in [0.05, 0.1) is 23.4 Å². The normalized spacial score (nSPS) is 10.9. The van der Waals surface area contributed by atoms with E-state index in [1.807, 2.05) is 38.1 Å². The zero-order valence-corrected chi connectivity index (χ0v) is 17.2. The van der Waals surface area contributed by atoms with Crippen molar-refractivity contribution in [2.24, 2.45) is 0 Å². The monoisotopic (exact) mass is 394 g/mol. The first-order valence-corrected chi connectivity index (χ1v) is 9.67. The summed E-state index contributed by atoms with van der Waals surface area (Å²) in [5.74, 6) is 0.559. The minimum atomic E-state index is -0.137. The molecule has 6 nitrogen and oxygen atoms in total. The van der Waals surface area contributed by atoms with Gasteiger partial charge in [-0.2, -0.15) is 5.26 Å². The van der Waals surface area contributed by atoms with Crippen molar-refractivity contribution in [2.45, 2.75) is 6.92 Å². The molecule has 2 aromatic carbocycles. The molecular formula is C21H22N4O2S. The van der Waals surface area contributed by atoms with Crippen molar-refractivity contribution in [1.82, 2.24) is 9.88 Å². The number of carbonyl (C=O) groups excluding carboxylic acids is 1. The highest BCUT2D eigenvalue weighted by molar-refractivity contribution is 7.22. The zero-order valence-electron chi connectivity index (χ0n) is 16.4. The van der Waals surface area contributed by atoms with E-state index in [4.69, 9.17) is 15.0 Å². The molecule has 0 spiro atoms. The topological polar surface area (TPSA) is 69.5 Å². The summed E-state index contributed by atoms with van der Waals surface area (Å²) in [6.07, 6.45) is 0. The first-order valence-electron chi connectivity index (χ1n) is 8.85. The quantitative estimate of drug-likeness (QED) is 0.638. The first-order chi connectivity index (χ1) is 13.4. The molecule has 0 aliphatic heterocycles. The minimum absolute atomic E-state index is 0.137. The third kappa shape index (κ3) is 3.98. The van der Waals surface area contributed by atoms with Gasteiger partial charge >= 0.3 is 0 Å². The summed E-state index contributed by atoms with van der Waals surface area (Å²) in [4.78, 5) is 21.7. The van der Waals surface area contributed by atoms with Crippen molar-refractivity contribution in [3.63, 3.8) is 0 Å². The van der Waals surface area contributed by atoms with Crippen molar-refractivity contribution in [3.8, 4) is 11.8 Å². The number of aromatic nitrogens is 1. The van der Waals surface area contributed by atoms with Crippen LogP contribution in [0.25, 0.3) is 10.2 Å². The number of benzene rings is 2.